The van der Waals surface area contributed by atoms with Crippen molar-refractivity contribution in [3.8, 4) is 0 Å². The molecule has 1 aromatic carbocycles. The zero-order valence-electron chi connectivity index (χ0n) is 11.5. The van der Waals surface area contributed by atoms with Gasteiger partial charge in [-0.15, -0.1) is 0 Å². The Kier molecular flexibility index (Phi) is 3.72. The van der Waals surface area contributed by atoms with Crippen LogP contribution in [0.25, 0.3) is 0 Å². The monoisotopic (exact) mass is 232 g/mol. The standard InChI is InChI=1S/C15H24N2/c1-11(2)10-17-8-7-13-5-6-14(9-15(13)17)12(3)16-4/h5-6,9,11-12,16H,7-8,10H2,1-4H3. The first kappa shape index (κ1) is 12.4. The molecule has 1 aromatic rings. The Balaban J connectivity index is 2.24. The van der Waals surface area contributed by atoms with Crippen molar-refractivity contribution in [3.63, 3.8) is 0 Å². The largest absolute Gasteiger partial charge is 0.371 e. The highest BCUT2D eigenvalue weighted by atomic mass is 15.1. The molecule has 1 atom stereocenters. The molecular weight excluding hydrogens is 208 g/mol. The number of nitrogens with zero attached hydrogens (tertiary/aromatic N) is 1. The second-order valence-corrected chi connectivity index (χ2v) is 5.49. The van der Waals surface area contributed by atoms with E-state index in [2.05, 4.69) is 49.2 Å². The molecule has 1 heterocycles. The van der Waals surface area contributed by atoms with Gasteiger partial charge in [0.25, 0.3) is 0 Å². The topological polar surface area (TPSA) is 15.3 Å². The van der Waals surface area contributed by atoms with Crippen molar-refractivity contribution in [2.75, 3.05) is 25.0 Å². The van der Waals surface area contributed by atoms with Crippen molar-refractivity contribution < 1.29 is 0 Å². The first-order chi connectivity index (χ1) is 8.11. The molecule has 0 aliphatic carbocycles. The summed E-state index contributed by atoms with van der Waals surface area (Å²) in [5.74, 6) is 0.728. The van der Waals surface area contributed by atoms with Crippen LogP contribution in [0.3, 0.4) is 0 Å². The molecule has 1 aliphatic heterocycles. The zero-order chi connectivity index (χ0) is 12.4. The van der Waals surface area contributed by atoms with Gasteiger partial charge in [-0.3, -0.25) is 0 Å². The van der Waals surface area contributed by atoms with Gasteiger partial charge in [0.2, 0.25) is 0 Å². The van der Waals surface area contributed by atoms with Gasteiger partial charge in [0.15, 0.2) is 0 Å². The lowest BCUT2D eigenvalue weighted by atomic mass is 10.0. The molecule has 1 N–H and O–H groups in total. The molecule has 17 heavy (non-hydrogen) atoms. The third-order valence-corrected chi connectivity index (χ3v) is 3.62. The van der Waals surface area contributed by atoms with Crippen LogP contribution >= 0.6 is 0 Å². The molecule has 0 spiro atoms. The van der Waals surface area contributed by atoms with Crippen molar-refractivity contribution in [1.82, 2.24) is 5.32 Å². The maximum Gasteiger partial charge on any atom is 0.0402 e. The summed E-state index contributed by atoms with van der Waals surface area (Å²) in [5, 5.41) is 3.31. The second kappa shape index (κ2) is 5.09. The smallest absolute Gasteiger partial charge is 0.0402 e. The minimum atomic E-state index is 0.432. The molecule has 0 radical (unpaired) electrons. The molecule has 2 rings (SSSR count). The van der Waals surface area contributed by atoms with Crippen molar-refractivity contribution >= 4 is 5.69 Å². The molecule has 0 saturated carbocycles. The van der Waals surface area contributed by atoms with Gasteiger partial charge in [0.1, 0.15) is 0 Å². The maximum atomic E-state index is 3.31. The normalized spacial score (nSPS) is 16.4. The van der Waals surface area contributed by atoms with E-state index in [9.17, 15) is 0 Å². The summed E-state index contributed by atoms with van der Waals surface area (Å²) in [5.41, 5.74) is 4.36. The van der Waals surface area contributed by atoms with E-state index in [1.165, 1.54) is 36.3 Å². The lowest BCUT2D eigenvalue weighted by molar-refractivity contribution is 0.621. The van der Waals surface area contributed by atoms with Crippen LogP contribution in [-0.4, -0.2) is 20.1 Å². The third kappa shape index (κ3) is 2.63. The van der Waals surface area contributed by atoms with Gasteiger partial charge in [-0.1, -0.05) is 26.0 Å². The van der Waals surface area contributed by atoms with Gasteiger partial charge in [0.05, 0.1) is 0 Å². The Morgan fingerprint density at radius 2 is 2.06 bits per heavy atom. The van der Waals surface area contributed by atoms with Crippen LogP contribution in [0.5, 0.6) is 0 Å². The number of anilines is 1. The van der Waals surface area contributed by atoms with Crippen LogP contribution in [0.1, 0.15) is 37.9 Å². The molecule has 1 unspecified atom stereocenters. The number of nitrogens with one attached hydrogen (secondary N) is 1. The fraction of sp³-hybridized carbons (Fsp3) is 0.600. The van der Waals surface area contributed by atoms with E-state index < -0.39 is 0 Å². The third-order valence-electron chi connectivity index (χ3n) is 3.62. The summed E-state index contributed by atoms with van der Waals surface area (Å²) in [6.07, 6.45) is 1.20. The Labute approximate surface area is 105 Å². The van der Waals surface area contributed by atoms with Gasteiger partial charge >= 0.3 is 0 Å². The highest BCUT2D eigenvalue weighted by molar-refractivity contribution is 5.59. The molecule has 2 nitrogen and oxygen atoms in total. The lowest BCUT2D eigenvalue weighted by Gasteiger charge is -2.23. The average Bonchev–Trinajstić information content (AvgIpc) is 2.70. The Bertz CT molecular complexity index is 385. The SMILES string of the molecule is CNC(C)c1ccc2c(c1)N(CC(C)C)CC2. The molecule has 0 amide bonds. The van der Waals surface area contributed by atoms with E-state index in [1.807, 2.05) is 7.05 Å². The van der Waals surface area contributed by atoms with E-state index in [0.29, 0.717) is 6.04 Å². The fourth-order valence-electron chi connectivity index (χ4n) is 2.53. The van der Waals surface area contributed by atoms with Crippen LogP contribution < -0.4 is 10.2 Å². The highest BCUT2D eigenvalue weighted by Gasteiger charge is 2.20. The van der Waals surface area contributed by atoms with Crippen LogP contribution in [-0.2, 0) is 6.42 Å². The van der Waals surface area contributed by atoms with Crippen molar-refractivity contribution in [2.24, 2.45) is 5.92 Å². The van der Waals surface area contributed by atoms with Crippen LogP contribution in [0, 0.1) is 5.92 Å². The zero-order valence-corrected chi connectivity index (χ0v) is 11.5. The van der Waals surface area contributed by atoms with Gasteiger partial charge in [0, 0.05) is 24.8 Å². The predicted octanol–water partition coefficient (Wildman–Crippen LogP) is 2.99. The van der Waals surface area contributed by atoms with Gasteiger partial charge < -0.3 is 10.2 Å². The number of benzene rings is 1. The summed E-state index contributed by atoms with van der Waals surface area (Å²) >= 11 is 0. The Morgan fingerprint density at radius 1 is 1.29 bits per heavy atom. The fourth-order valence-corrected chi connectivity index (χ4v) is 2.53. The molecule has 0 bridgehead atoms. The Morgan fingerprint density at radius 3 is 2.71 bits per heavy atom. The van der Waals surface area contributed by atoms with E-state index >= 15 is 0 Å². The first-order valence-corrected chi connectivity index (χ1v) is 6.67. The molecule has 94 valence electrons. The second-order valence-electron chi connectivity index (χ2n) is 5.49. The van der Waals surface area contributed by atoms with E-state index in [0.717, 1.165) is 5.92 Å². The average molecular weight is 232 g/mol. The quantitative estimate of drug-likeness (QED) is 0.858. The van der Waals surface area contributed by atoms with Gasteiger partial charge in [-0.05, 0) is 43.5 Å². The number of hydrogen-bond acceptors (Lipinski definition) is 2. The summed E-state index contributed by atoms with van der Waals surface area (Å²) in [6.45, 7) is 9.15. The summed E-state index contributed by atoms with van der Waals surface area (Å²) in [7, 11) is 2.02. The van der Waals surface area contributed by atoms with Crippen LogP contribution in [0.2, 0.25) is 0 Å². The predicted molar refractivity (Wildman–Crippen MR) is 74.7 cm³/mol. The molecular formula is C15H24N2. The number of fused-ring (bicyclic) bond motifs is 1. The molecule has 0 saturated heterocycles. The van der Waals surface area contributed by atoms with E-state index in [1.54, 1.807) is 0 Å². The van der Waals surface area contributed by atoms with E-state index in [4.69, 9.17) is 0 Å². The van der Waals surface area contributed by atoms with E-state index in [-0.39, 0.29) is 0 Å². The van der Waals surface area contributed by atoms with Crippen molar-refractivity contribution in [3.05, 3.63) is 29.3 Å². The summed E-state index contributed by atoms with van der Waals surface area (Å²) < 4.78 is 0. The first-order valence-electron chi connectivity index (χ1n) is 6.67. The molecule has 1 aliphatic rings. The minimum Gasteiger partial charge on any atom is -0.371 e. The molecule has 0 aromatic heterocycles. The van der Waals surface area contributed by atoms with Gasteiger partial charge in [-0.25, -0.2) is 0 Å². The van der Waals surface area contributed by atoms with Crippen molar-refractivity contribution in [2.45, 2.75) is 33.2 Å². The number of hydrogen-bond donors (Lipinski definition) is 1. The van der Waals surface area contributed by atoms with Crippen molar-refractivity contribution in [1.29, 1.82) is 0 Å². The van der Waals surface area contributed by atoms with Crippen LogP contribution in [0.15, 0.2) is 18.2 Å². The molecule has 2 heteroatoms. The maximum absolute atomic E-state index is 3.31. The highest BCUT2D eigenvalue weighted by Crippen LogP contribution is 2.31. The lowest BCUT2D eigenvalue weighted by Crippen LogP contribution is -2.25. The van der Waals surface area contributed by atoms with Gasteiger partial charge in [-0.2, -0.15) is 0 Å². The Hall–Kier alpha value is -1.02. The van der Waals surface area contributed by atoms with Crippen LogP contribution in [0.4, 0.5) is 5.69 Å². The molecule has 0 fully saturated rings. The summed E-state index contributed by atoms with van der Waals surface area (Å²) in [6, 6.07) is 7.37. The summed E-state index contributed by atoms with van der Waals surface area (Å²) in [4.78, 5) is 2.53. The number of rotatable bonds is 4. The minimum absolute atomic E-state index is 0.432.